The fourth-order valence-corrected chi connectivity index (χ4v) is 3.47. The maximum Gasteiger partial charge on any atom is 0.417 e. The number of aliphatic hydroxyl groups is 1. The van der Waals surface area contributed by atoms with Gasteiger partial charge in [-0.05, 0) is 30.2 Å². The Morgan fingerprint density at radius 1 is 1.19 bits per heavy atom. The highest BCUT2D eigenvalue weighted by molar-refractivity contribution is 9.10. The fourth-order valence-electron chi connectivity index (χ4n) is 2.94. The minimum atomic E-state index is -1.24. The van der Waals surface area contributed by atoms with Crippen LogP contribution in [0.4, 0.5) is 9.18 Å². The van der Waals surface area contributed by atoms with Crippen LogP contribution in [-0.4, -0.2) is 32.9 Å². The van der Waals surface area contributed by atoms with Gasteiger partial charge in [0.25, 0.3) is 0 Å². The van der Waals surface area contributed by atoms with Crippen LogP contribution < -0.4 is 0 Å². The number of hydrogen-bond acceptors (Lipinski definition) is 4. The summed E-state index contributed by atoms with van der Waals surface area (Å²) in [5.74, 6) is -1.06. The Hall–Kier alpha value is -2.25. The van der Waals surface area contributed by atoms with Gasteiger partial charge in [-0.15, -0.1) is 0 Å². The average molecular weight is 422 g/mol. The molecule has 1 fully saturated rings. The van der Waals surface area contributed by atoms with Gasteiger partial charge in [-0.2, -0.15) is 0 Å². The van der Waals surface area contributed by atoms with Gasteiger partial charge >= 0.3 is 6.09 Å². The molecule has 2 aromatic rings. The molecule has 0 radical (unpaired) electrons. The van der Waals surface area contributed by atoms with Gasteiger partial charge in [-0.25, -0.2) is 14.1 Å². The van der Waals surface area contributed by atoms with Crippen LogP contribution in [0.3, 0.4) is 0 Å². The quantitative estimate of drug-likeness (QED) is 0.763. The van der Waals surface area contributed by atoms with Gasteiger partial charge < -0.3 is 9.84 Å². The molecule has 2 amide bonds. The topological polar surface area (TPSA) is 66.8 Å². The van der Waals surface area contributed by atoms with Gasteiger partial charge in [-0.3, -0.25) is 4.79 Å². The van der Waals surface area contributed by atoms with E-state index in [9.17, 15) is 19.1 Å². The summed E-state index contributed by atoms with van der Waals surface area (Å²) in [7, 11) is 0. The molecule has 0 spiro atoms. The van der Waals surface area contributed by atoms with Crippen LogP contribution in [0.1, 0.15) is 30.3 Å². The second-order valence-electron chi connectivity index (χ2n) is 6.06. The normalized spacial score (nSPS) is 22.0. The van der Waals surface area contributed by atoms with Crippen molar-refractivity contribution < 1.29 is 23.8 Å². The molecule has 136 valence electrons. The summed E-state index contributed by atoms with van der Waals surface area (Å²) in [6.07, 6.45) is -2.57. The van der Waals surface area contributed by atoms with E-state index in [1.165, 1.54) is 24.3 Å². The number of amides is 2. The van der Waals surface area contributed by atoms with Crippen molar-refractivity contribution in [2.24, 2.45) is 0 Å². The molecule has 0 saturated carbocycles. The third-order valence-electron chi connectivity index (χ3n) is 4.36. The summed E-state index contributed by atoms with van der Waals surface area (Å²) in [6, 6.07) is 13.8. The molecule has 1 saturated heterocycles. The number of carbonyl (C=O) groups excluding carboxylic acids is 2. The molecular weight excluding hydrogens is 405 g/mol. The highest BCUT2D eigenvalue weighted by Gasteiger charge is 2.46. The van der Waals surface area contributed by atoms with E-state index in [0.717, 1.165) is 10.5 Å². The Morgan fingerprint density at radius 3 is 2.42 bits per heavy atom. The smallest absolute Gasteiger partial charge is 0.417 e. The van der Waals surface area contributed by atoms with Gasteiger partial charge in [0.15, 0.2) is 0 Å². The number of hydrogen-bond donors (Lipinski definition) is 1. The van der Waals surface area contributed by atoms with E-state index in [2.05, 4.69) is 15.9 Å². The number of nitrogens with zero attached hydrogens (tertiary/aromatic N) is 1. The zero-order valence-electron chi connectivity index (χ0n) is 13.9. The summed E-state index contributed by atoms with van der Waals surface area (Å²) < 4.78 is 18.4. The Morgan fingerprint density at radius 2 is 1.81 bits per heavy atom. The summed E-state index contributed by atoms with van der Waals surface area (Å²) in [6.45, 7) is 1.71. The van der Waals surface area contributed by atoms with E-state index in [-0.39, 0.29) is 0 Å². The molecule has 1 heterocycles. The number of rotatable bonds is 4. The van der Waals surface area contributed by atoms with Crippen LogP contribution in [0.15, 0.2) is 54.6 Å². The van der Waals surface area contributed by atoms with E-state index in [4.69, 9.17) is 4.74 Å². The van der Waals surface area contributed by atoms with Gasteiger partial charge in [0.2, 0.25) is 5.91 Å². The highest BCUT2D eigenvalue weighted by atomic mass is 79.9. The predicted octanol–water partition coefficient (Wildman–Crippen LogP) is 3.73. The highest BCUT2D eigenvalue weighted by Crippen LogP contribution is 2.35. The van der Waals surface area contributed by atoms with E-state index in [1.54, 1.807) is 6.92 Å². The van der Waals surface area contributed by atoms with Crippen LogP contribution in [0.5, 0.6) is 0 Å². The lowest BCUT2D eigenvalue weighted by atomic mass is 10.0. The van der Waals surface area contributed by atoms with E-state index in [1.807, 2.05) is 30.3 Å². The first-order valence-corrected chi connectivity index (χ1v) is 8.98. The Kier molecular flexibility index (Phi) is 5.38. The standard InChI is InChI=1S/C19H17BrFNO4/c1-11-17(13-5-3-2-4-6-13)26-19(25)22(11)18(24)15(20)16(23)12-7-9-14(21)10-8-12/h2-11,15-17,23H,1H3/t11-,15-,16+,17-/m0/s1. The number of alkyl halides is 1. The molecule has 1 aliphatic heterocycles. The summed E-state index contributed by atoms with van der Waals surface area (Å²) in [5.41, 5.74) is 1.15. The molecule has 0 bridgehead atoms. The maximum atomic E-state index is 13.0. The number of halogens is 2. The first-order valence-electron chi connectivity index (χ1n) is 8.06. The Bertz CT molecular complexity index is 799. The summed E-state index contributed by atoms with van der Waals surface area (Å²) in [5, 5.41) is 10.4. The molecule has 1 aliphatic rings. The number of imide groups is 1. The first kappa shape index (κ1) is 18.5. The molecule has 0 unspecified atom stereocenters. The molecular formula is C19H17BrFNO4. The maximum absolute atomic E-state index is 13.0. The fraction of sp³-hybridized carbons (Fsp3) is 0.263. The van der Waals surface area contributed by atoms with Gasteiger partial charge in [0.05, 0.1) is 6.04 Å². The molecule has 1 N–H and O–H groups in total. The number of carbonyl (C=O) groups is 2. The third kappa shape index (κ3) is 3.50. The molecule has 3 rings (SSSR count). The van der Waals surface area contributed by atoms with Gasteiger partial charge in [0.1, 0.15) is 22.9 Å². The van der Waals surface area contributed by atoms with E-state index >= 15 is 0 Å². The van der Waals surface area contributed by atoms with Crippen molar-refractivity contribution in [1.29, 1.82) is 0 Å². The van der Waals surface area contributed by atoms with Gasteiger partial charge in [0, 0.05) is 0 Å². The Balaban J connectivity index is 1.78. The van der Waals surface area contributed by atoms with Crippen LogP contribution in [0.25, 0.3) is 0 Å². The summed E-state index contributed by atoms with van der Waals surface area (Å²) in [4.78, 5) is 24.9. The van der Waals surface area contributed by atoms with Crippen molar-refractivity contribution in [2.45, 2.75) is 30.0 Å². The SMILES string of the molecule is C[C@H]1[C@@H](c2ccccc2)OC(=O)N1C(=O)[C@@H](Br)[C@H](O)c1ccc(F)cc1. The molecule has 2 aromatic carbocycles. The van der Waals surface area contributed by atoms with Crippen molar-refractivity contribution in [1.82, 2.24) is 4.90 Å². The lowest BCUT2D eigenvalue weighted by molar-refractivity contribution is -0.130. The van der Waals surface area contributed by atoms with Crippen LogP contribution in [0, 0.1) is 5.82 Å². The molecule has 0 aliphatic carbocycles. The predicted molar refractivity (Wildman–Crippen MR) is 96.0 cm³/mol. The summed E-state index contributed by atoms with van der Waals surface area (Å²) >= 11 is 3.16. The average Bonchev–Trinajstić information content (AvgIpc) is 2.95. The number of cyclic esters (lactones) is 1. The van der Waals surface area contributed by atoms with Crippen molar-refractivity contribution in [2.75, 3.05) is 0 Å². The molecule has 5 nitrogen and oxygen atoms in total. The van der Waals surface area contributed by atoms with Crippen LogP contribution in [-0.2, 0) is 9.53 Å². The largest absolute Gasteiger partial charge is 0.439 e. The van der Waals surface area contributed by atoms with Crippen molar-refractivity contribution >= 4 is 27.9 Å². The third-order valence-corrected chi connectivity index (χ3v) is 5.25. The van der Waals surface area contributed by atoms with Crippen molar-refractivity contribution in [3.05, 3.63) is 71.5 Å². The second kappa shape index (κ2) is 7.55. The zero-order valence-corrected chi connectivity index (χ0v) is 15.5. The first-order chi connectivity index (χ1) is 12.4. The lowest BCUT2D eigenvalue weighted by Gasteiger charge is -2.24. The van der Waals surface area contributed by atoms with Crippen LogP contribution >= 0.6 is 15.9 Å². The van der Waals surface area contributed by atoms with Crippen LogP contribution in [0.2, 0.25) is 0 Å². The minimum absolute atomic E-state index is 0.362. The number of ether oxygens (including phenoxy) is 1. The van der Waals surface area contributed by atoms with E-state index in [0.29, 0.717) is 5.56 Å². The molecule has 4 atom stereocenters. The van der Waals surface area contributed by atoms with Gasteiger partial charge in [-0.1, -0.05) is 58.4 Å². The molecule has 26 heavy (non-hydrogen) atoms. The zero-order chi connectivity index (χ0) is 18.8. The molecule has 0 aromatic heterocycles. The Labute approximate surface area is 158 Å². The minimum Gasteiger partial charge on any atom is -0.439 e. The number of aliphatic hydroxyl groups excluding tert-OH is 1. The number of benzene rings is 2. The van der Waals surface area contributed by atoms with Crippen molar-refractivity contribution in [3.63, 3.8) is 0 Å². The lowest BCUT2D eigenvalue weighted by Crippen LogP contribution is -2.43. The van der Waals surface area contributed by atoms with E-state index < -0.39 is 40.9 Å². The van der Waals surface area contributed by atoms with Crippen molar-refractivity contribution in [3.8, 4) is 0 Å². The molecule has 7 heteroatoms. The monoisotopic (exact) mass is 421 g/mol. The second-order valence-corrected chi connectivity index (χ2v) is 7.05.